The minimum absolute atomic E-state index is 1.15. The third-order valence-corrected chi connectivity index (χ3v) is 2.62. The van der Waals surface area contributed by atoms with Crippen molar-refractivity contribution in [3.05, 3.63) is 0 Å². The van der Waals surface area contributed by atoms with E-state index in [-0.39, 0.29) is 0 Å². The first-order valence-corrected chi connectivity index (χ1v) is 5.92. The van der Waals surface area contributed by atoms with E-state index in [0.717, 1.165) is 4.74 Å². The topological polar surface area (TPSA) is 35.5 Å². The molecular formula is C9F18O3. The molecule has 0 unspecified atom stereocenters. The molecule has 0 heterocycles. The van der Waals surface area contributed by atoms with Crippen LogP contribution in [-0.2, 0) is 14.3 Å². The molecule has 21 heteroatoms. The van der Waals surface area contributed by atoms with Crippen molar-refractivity contribution < 1.29 is 93.3 Å². The second-order valence-corrected chi connectivity index (χ2v) is 4.77. The van der Waals surface area contributed by atoms with Crippen molar-refractivity contribution in [2.45, 2.75) is 48.4 Å². The van der Waals surface area contributed by atoms with E-state index in [4.69, 9.17) is 0 Å². The fourth-order valence-corrected chi connectivity index (χ4v) is 1.14. The second kappa shape index (κ2) is 7.19. The van der Waals surface area contributed by atoms with Gasteiger partial charge in [0.2, 0.25) is 0 Å². The quantitative estimate of drug-likeness (QED) is 0.351. The molecule has 0 aliphatic carbocycles. The summed E-state index contributed by atoms with van der Waals surface area (Å²) in [6.45, 7) is 0. The highest BCUT2D eigenvalue weighted by Gasteiger charge is 2.85. The first-order chi connectivity index (χ1) is 12.6. The van der Waals surface area contributed by atoms with E-state index in [1.807, 2.05) is 0 Å². The van der Waals surface area contributed by atoms with E-state index in [0.29, 0.717) is 0 Å². The Morgan fingerprint density at radius 2 is 0.867 bits per heavy atom. The highest BCUT2D eigenvalue weighted by Crippen LogP contribution is 2.56. The number of carbonyl (C=O) groups is 1. The molecule has 3 nitrogen and oxygen atoms in total. The molecule has 0 bridgehead atoms. The predicted molar refractivity (Wildman–Crippen MR) is 49.0 cm³/mol. The maximum atomic E-state index is 13.5. The van der Waals surface area contributed by atoms with Gasteiger partial charge >= 0.3 is 54.4 Å². The van der Waals surface area contributed by atoms with Crippen molar-refractivity contribution in [1.29, 1.82) is 0 Å². The lowest BCUT2D eigenvalue weighted by Gasteiger charge is -2.39. The number of halogens is 18. The molecule has 0 aliphatic heterocycles. The van der Waals surface area contributed by atoms with Gasteiger partial charge in [-0.05, 0) is 0 Å². The van der Waals surface area contributed by atoms with Gasteiger partial charge in [-0.3, -0.25) is 14.3 Å². The van der Waals surface area contributed by atoms with E-state index in [1.165, 1.54) is 4.74 Å². The van der Waals surface area contributed by atoms with Gasteiger partial charge in [0.05, 0.1) is 0 Å². The van der Waals surface area contributed by atoms with Crippen LogP contribution in [0.1, 0.15) is 0 Å². The Morgan fingerprint density at radius 1 is 0.500 bits per heavy atom. The number of hydrogen-bond acceptors (Lipinski definition) is 3. The number of ether oxygens (including phenoxy) is 2. The van der Waals surface area contributed by atoms with Gasteiger partial charge in [0, 0.05) is 0 Å². The van der Waals surface area contributed by atoms with E-state index in [1.54, 1.807) is 0 Å². The van der Waals surface area contributed by atoms with Crippen molar-refractivity contribution in [3.63, 3.8) is 0 Å². The SMILES string of the molecule is O=C(F)[C@@](F)(OC(F)(F)[C@@](F)(OC(F)(F)C(F)(F)C(F)(F)F)C(F)(F)F)C(F)(F)F. The van der Waals surface area contributed by atoms with Crippen LogP contribution in [-0.4, -0.2) is 54.4 Å². The molecule has 180 valence electrons. The fourth-order valence-electron chi connectivity index (χ4n) is 1.14. The lowest BCUT2D eigenvalue weighted by atomic mass is 10.2. The highest BCUT2D eigenvalue weighted by molar-refractivity contribution is 5.77. The van der Waals surface area contributed by atoms with Gasteiger partial charge in [0.1, 0.15) is 0 Å². The summed E-state index contributed by atoms with van der Waals surface area (Å²) < 4.78 is 227. The molecular weight excluding hydrogens is 498 g/mol. The summed E-state index contributed by atoms with van der Waals surface area (Å²) in [6, 6.07) is -4.79. The van der Waals surface area contributed by atoms with Crippen LogP contribution in [0.15, 0.2) is 0 Å². The van der Waals surface area contributed by atoms with Crippen molar-refractivity contribution in [3.8, 4) is 0 Å². The Bertz CT molecular complexity index is 645. The van der Waals surface area contributed by atoms with Crippen LogP contribution in [0.25, 0.3) is 0 Å². The van der Waals surface area contributed by atoms with Gasteiger partial charge in [0.25, 0.3) is 0 Å². The molecule has 0 amide bonds. The van der Waals surface area contributed by atoms with Crippen molar-refractivity contribution in [1.82, 2.24) is 0 Å². The maximum absolute atomic E-state index is 13.5. The zero-order valence-electron chi connectivity index (χ0n) is 12.5. The molecule has 0 aromatic carbocycles. The summed E-state index contributed by atoms with van der Waals surface area (Å²) in [5.74, 6) is -23.3. The van der Waals surface area contributed by atoms with Gasteiger partial charge in [-0.15, -0.1) is 0 Å². The minimum Gasteiger partial charge on any atom is -0.262 e. The maximum Gasteiger partial charge on any atom is 0.462 e. The Balaban J connectivity index is 6.63. The van der Waals surface area contributed by atoms with Crippen LogP contribution in [0.4, 0.5) is 79.0 Å². The molecule has 0 aliphatic rings. The summed E-state index contributed by atoms with van der Waals surface area (Å²) in [5, 5.41) is 0. The average molecular weight is 498 g/mol. The van der Waals surface area contributed by atoms with Gasteiger partial charge in [-0.25, -0.2) is 0 Å². The molecule has 0 aromatic rings. The number of rotatable bonds is 7. The van der Waals surface area contributed by atoms with Crippen molar-refractivity contribution >= 4 is 6.04 Å². The molecule has 0 rings (SSSR count). The highest BCUT2D eigenvalue weighted by atomic mass is 19.4. The van der Waals surface area contributed by atoms with E-state index in [9.17, 15) is 83.8 Å². The first-order valence-electron chi connectivity index (χ1n) is 5.92. The molecule has 0 aromatic heterocycles. The second-order valence-electron chi connectivity index (χ2n) is 4.77. The van der Waals surface area contributed by atoms with Crippen LogP contribution in [0, 0.1) is 0 Å². The summed E-state index contributed by atoms with van der Waals surface area (Å²) >= 11 is 0. The predicted octanol–water partition coefficient (Wildman–Crippen LogP) is 5.36. The lowest BCUT2D eigenvalue weighted by molar-refractivity contribution is -0.548. The Labute approximate surface area is 149 Å². The molecule has 0 radical (unpaired) electrons. The summed E-state index contributed by atoms with van der Waals surface area (Å²) in [7, 11) is 0. The normalized spacial score (nSPS) is 19.3. The van der Waals surface area contributed by atoms with Gasteiger partial charge < -0.3 is 0 Å². The molecule has 30 heavy (non-hydrogen) atoms. The molecule has 0 saturated heterocycles. The third kappa shape index (κ3) is 4.49. The lowest BCUT2D eigenvalue weighted by Crippen LogP contribution is -2.67. The van der Waals surface area contributed by atoms with Crippen molar-refractivity contribution in [2.75, 3.05) is 0 Å². The average Bonchev–Trinajstić information content (AvgIpc) is 2.41. The Kier molecular flexibility index (Phi) is 6.79. The van der Waals surface area contributed by atoms with Crippen LogP contribution in [0.2, 0.25) is 0 Å². The molecule has 2 atom stereocenters. The summed E-state index contributed by atoms with van der Waals surface area (Å²) in [6.07, 6.45) is -39.1. The van der Waals surface area contributed by atoms with Gasteiger partial charge in [-0.1, -0.05) is 0 Å². The first kappa shape index (κ1) is 28.3. The van der Waals surface area contributed by atoms with Gasteiger partial charge in [0.15, 0.2) is 0 Å². The zero-order valence-corrected chi connectivity index (χ0v) is 12.5. The standard InChI is InChI=1S/C9F18O3/c10-1(28)2(11,5(15,16)17)29-9(26,27)4(14,7(21,22)23)30-8(24,25)3(12,13)6(18,19)20/t2-,4+/m1/s1. The number of alkyl halides is 17. The monoisotopic (exact) mass is 498 g/mol. The zero-order chi connectivity index (χ0) is 25.0. The number of carbonyl (C=O) groups excluding carboxylic acids is 1. The largest absolute Gasteiger partial charge is 0.462 e. The van der Waals surface area contributed by atoms with Crippen LogP contribution >= 0.6 is 0 Å². The molecule has 0 fully saturated rings. The van der Waals surface area contributed by atoms with Crippen LogP contribution in [0.5, 0.6) is 0 Å². The minimum atomic E-state index is -8.14. The summed E-state index contributed by atoms with van der Waals surface area (Å²) in [4.78, 5) is 9.86. The molecule has 0 spiro atoms. The number of hydrogen-bond donors (Lipinski definition) is 0. The van der Waals surface area contributed by atoms with E-state index in [2.05, 4.69) is 0 Å². The Hall–Kier alpha value is -1.67. The fraction of sp³-hybridized carbons (Fsp3) is 0.889. The van der Waals surface area contributed by atoms with Crippen LogP contribution < -0.4 is 0 Å². The molecule has 0 N–H and O–H groups in total. The van der Waals surface area contributed by atoms with Crippen LogP contribution in [0.3, 0.4) is 0 Å². The molecule has 0 saturated carbocycles. The third-order valence-electron chi connectivity index (χ3n) is 2.62. The van der Waals surface area contributed by atoms with Gasteiger partial charge in [-0.2, -0.15) is 79.0 Å². The van der Waals surface area contributed by atoms with E-state index < -0.39 is 54.4 Å². The van der Waals surface area contributed by atoms with Crippen molar-refractivity contribution in [2.24, 2.45) is 0 Å². The summed E-state index contributed by atoms with van der Waals surface area (Å²) in [5.41, 5.74) is 0. The Morgan fingerprint density at radius 3 is 1.10 bits per heavy atom. The van der Waals surface area contributed by atoms with E-state index >= 15 is 0 Å². The smallest absolute Gasteiger partial charge is 0.262 e.